The maximum Gasteiger partial charge on any atom is 0.321 e. The number of primary amides is 1. The first-order valence-electron chi connectivity index (χ1n) is 8.98. The topological polar surface area (TPSA) is 72.6 Å². The van der Waals surface area contributed by atoms with E-state index in [1.807, 2.05) is 30.3 Å². The Morgan fingerprint density at radius 2 is 1.81 bits per heavy atom. The van der Waals surface area contributed by atoms with Crippen LogP contribution >= 0.6 is 0 Å². The number of hydrogen-bond acceptors (Lipinski definition) is 3. The van der Waals surface area contributed by atoms with Gasteiger partial charge in [0, 0.05) is 5.92 Å². The fourth-order valence-corrected chi connectivity index (χ4v) is 3.90. The van der Waals surface area contributed by atoms with E-state index in [1.54, 1.807) is 0 Å². The van der Waals surface area contributed by atoms with Crippen LogP contribution in [0.15, 0.2) is 42.5 Å². The van der Waals surface area contributed by atoms with Crippen LogP contribution < -0.4 is 5.73 Å². The van der Waals surface area contributed by atoms with Crippen LogP contribution in [0.4, 0.5) is 4.79 Å². The Kier molecular flexibility index (Phi) is 4.47. The number of urea groups is 1. The molecule has 0 unspecified atom stereocenters. The third-order valence-electron chi connectivity index (χ3n) is 5.35. The van der Waals surface area contributed by atoms with Crippen molar-refractivity contribution >= 4 is 11.9 Å². The summed E-state index contributed by atoms with van der Waals surface area (Å²) < 4.78 is 5.43. The lowest BCUT2D eigenvalue weighted by molar-refractivity contribution is -0.133. The van der Waals surface area contributed by atoms with Crippen molar-refractivity contribution in [2.24, 2.45) is 11.7 Å². The number of imide groups is 1. The van der Waals surface area contributed by atoms with E-state index in [-0.39, 0.29) is 18.4 Å². The molecule has 1 aliphatic heterocycles. The summed E-state index contributed by atoms with van der Waals surface area (Å²) in [5.41, 5.74) is 11.2. The van der Waals surface area contributed by atoms with Crippen molar-refractivity contribution in [3.8, 4) is 0 Å². The van der Waals surface area contributed by atoms with Gasteiger partial charge >= 0.3 is 6.03 Å². The molecule has 2 aliphatic rings. The molecule has 26 heavy (non-hydrogen) atoms. The van der Waals surface area contributed by atoms with Crippen LogP contribution in [0, 0.1) is 5.92 Å². The molecule has 1 aliphatic carbocycles. The molecule has 5 heteroatoms. The van der Waals surface area contributed by atoms with Crippen molar-refractivity contribution in [3.05, 3.63) is 70.3 Å². The maximum absolute atomic E-state index is 13.0. The van der Waals surface area contributed by atoms with E-state index < -0.39 is 6.03 Å². The highest BCUT2D eigenvalue weighted by atomic mass is 16.5. The van der Waals surface area contributed by atoms with Crippen LogP contribution in [0.25, 0.3) is 0 Å². The average Bonchev–Trinajstić information content (AvgIpc) is 3.12. The maximum atomic E-state index is 13.0. The molecule has 1 heterocycles. The number of ether oxygens (including phenoxy) is 1. The molecule has 4 rings (SSSR count). The van der Waals surface area contributed by atoms with E-state index in [4.69, 9.17) is 10.5 Å². The largest absolute Gasteiger partial charge is 0.372 e. The first-order chi connectivity index (χ1) is 12.6. The summed E-state index contributed by atoms with van der Waals surface area (Å²) in [6, 6.07) is 13.4. The molecule has 0 aromatic heterocycles. The lowest BCUT2D eigenvalue weighted by Crippen LogP contribution is -2.44. The fraction of sp³-hybridized carbons (Fsp3) is 0.333. The highest BCUT2D eigenvalue weighted by molar-refractivity contribution is 5.95. The summed E-state index contributed by atoms with van der Waals surface area (Å²) in [6.45, 7) is 1.41. The van der Waals surface area contributed by atoms with Crippen molar-refractivity contribution in [3.63, 3.8) is 0 Å². The van der Waals surface area contributed by atoms with Gasteiger partial charge in [0.1, 0.15) is 0 Å². The summed E-state index contributed by atoms with van der Waals surface area (Å²) in [5.74, 6) is -0.376. The second kappa shape index (κ2) is 6.92. The Balaban J connectivity index is 1.51. The molecule has 0 fully saturated rings. The molecular weight excluding hydrogens is 328 g/mol. The summed E-state index contributed by atoms with van der Waals surface area (Å²) in [7, 11) is 0. The van der Waals surface area contributed by atoms with Gasteiger partial charge in [-0.2, -0.15) is 0 Å². The van der Waals surface area contributed by atoms with Crippen LogP contribution in [0.1, 0.15) is 34.2 Å². The SMILES string of the molecule is NC(=O)N(Cc1ccc2c(c1)COC2)C(=O)[C@H]1CCc2ccccc2C1. The molecule has 1 atom stereocenters. The number of nitrogens with zero attached hydrogens (tertiary/aromatic N) is 1. The number of carbonyl (C=O) groups is 2. The Morgan fingerprint density at radius 3 is 2.62 bits per heavy atom. The number of carbonyl (C=O) groups excluding carboxylic acids is 2. The van der Waals surface area contributed by atoms with Gasteiger partial charge in [0.15, 0.2) is 0 Å². The second-order valence-electron chi connectivity index (χ2n) is 7.07. The van der Waals surface area contributed by atoms with Gasteiger partial charge in [0.05, 0.1) is 19.8 Å². The summed E-state index contributed by atoms with van der Waals surface area (Å²) in [4.78, 5) is 26.1. The normalized spacial score (nSPS) is 18.1. The first-order valence-corrected chi connectivity index (χ1v) is 8.98. The summed E-state index contributed by atoms with van der Waals surface area (Å²) >= 11 is 0. The van der Waals surface area contributed by atoms with Gasteiger partial charge in [0.25, 0.3) is 0 Å². The predicted molar refractivity (Wildman–Crippen MR) is 97.0 cm³/mol. The van der Waals surface area contributed by atoms with Gasteiger partial charge in [-0.05, 0) is 47.1 Å². The van der Waals surface area contributed by atoms with Gasteiger partial charge in [-0.15, -0.1) is 0 Å². The number of aryl methyl sites for hydroxylation is 1. The summed E-state index contributed by atoms with van der Waals surface area (Å²) in [6.07, 6.45) is 2.27. The molecule has 2 N–H and O–H groups in total. The van der Waals surface area contributed by atoms with E-state index in [0.29, 0.717) is 19.6 Å². The number of rotatable bonds is 3. The molecule has 134 valence electrons. The molecule has 0 saturated carbocycles. The number of amides is 3. The van der Waals surface area contributed by atoms with Gasteiger partial charge in [-0.25, -0.2) is 4.79 Å². The van der Waals surface area contributed by atoms with Crippen LogP contribution in [0.2, 0.25) is 0 Å². The zero-order chi connectivity index (χ0) is 18.1. The molecule has 0 saturated heterocycles. The van der Waals surface area contributed by atoms with E-state index >= 15 is 0 Å². The first kappa shape index (κ1) is 16.8. The average molecular weight is 350 g/mol. The Bertz CT molecular complexity index is 862. The minimum Gasteiger partial charge on any atom is -0.372 e. The highest BCUT2D eigenvalue weighted by Gasteiger charge is 2.30. The minimum absolute atomic E-state index is 0.177. The van der Waals surface area contributed by atoms with E-state index in [0.717, 1.165) is 29.5 Å². The van der Waals surface area contributed by atoms with Crippen LogP contribution in [0.3, 0.4) is 0 Å². The standard InChI is InChI=1S/C21H22N2O3/c22-21(25)23(11-14-5-6-18-12-26-13-19(18)9-14)20(24)17-8-7-15-3-1-2-4-16(15)10-17/h1-6,9,17H,7-8,10-13H2,(H2,22,25)/t17-/m0/s1. The molecule has 2 aromatic rings. The predicted octanol–water partition coefficient (Wildman–Crippen LogP) is 2.93. The monoisotopic (exact) mass is 350 g/mol. The number of hydrogen-bond donors (Lipinski definition) is 1. The Morgan fingerprint density at radius 1 is 1.04 bits per heavy atom. The number of benzene rings is 2. The van der Waals surface area contributed by atoms with Gasteiger partial charge in [-0.1, -0.05) is 42.5 Å². The quantitative estimate of drug-likeness (QED) is 0.925. The van der Waals surface area contributed by atoms with Crippen molar-refractivity contribution in [1.82, 2.24) is 4.90 Å². The molecule has 3 amide bonds. The zero-order valence-corrected chi connectivity index (χ0v) is 14.6. The molecule has 0 radical (unpaired) electrons. The molecule has 2 aromatic carbocycles. The van der Waals surface area contributed by atoms with Crippen molar-refractivity contribution in [2.45, 2.75) is 39.0 Å². The van der Waals surface area contributed by atoms with Gasteiger partial charge in [-0.3, -0.25) is 9.69 Å². The smallest absolute Gasteiger partial charge is 0.321 e. The molecule has 5 nitrogen and oxygen atoms in total. The highest BCUT2D eigenvalue weighted by Crippen LogP contribution is 2.28. The van der Waals surface area contributed by atoms with Gasteiger partial charge in [0.2, 0.25) is 5.91 Å². The van der Waals surface area contributed by atoms with Gasteiger partial charge < -0.3 is 10.5 Å². The van der Waals surface area contributed by atoms with E-state index in [2.05, 4.69) is 12.1 Å². The van der Waals surface area contributed by atoms with Crippen LogP contribution in [0.5, 0.6) is 0 Å². The number of fused-ring (bicyclic) bond motifs is 2. The molecule has 0 spiro atoms. The van der Waals surface area contributed by atoms with Crippen LogP contribution in [-0.4, -0.2) is 16.8 Å². The second-order valence-corrected chi connectivity index (χ2v) is 7.07. The zero-order valence-electron chi connectivity index (χ0n) is 14.6. The Labute approximate surface area is 152 Å². The third kappa shape index (κ3) is 3.22. The Hall–Kier alpha value is -2.66. The number of nitrogens with two attached hydrogens (primary N) is 1. The lowest BCUT2D eigenvalue weighted by atomic mass is 9.83. The van der Waals surface area contributed by atoms with Crippen LogP contribution in [-0.2, 0) is 42.1 Å². The lowest BCUT2D eigenvalue weighted by Gasteiger charge is -2.28. The minimum atomic E-state index is -0.689. The summed E-state index contributed by atoms with van der Waals surface area (Å²) in [5, 5.41) is 0. The fourth-order valence-electron chi connectivity index (χ4n) is 3.90. The van der Waals surface area contributed by atoms with E-state index in [1.165, 1.54) is 16.0 Å². The van der Waals surface area contributed by atoms with E-state index in [9.17, 15) is 9.59 Å². The van der Waals surface area contributed by atoms with Crippen molar-refractivity contribution in [1.29, 1.82) is 0 Å². The third-order valence-corrected chi connectivity index (χ3v) is 5.35. The molecular formula is C21H22N2O3. The van der Waals surface area contributed by atoms with Crippen molar-refractivity contribution in [2.75, 3.05) is 0 Å². The van der Waals surface area contributed by atoms with Crippen molar-refractivity contribution < 1.29 is 14.3 Å². The molecule has 0 bridgehead atoms.